The maximum Gasteiger partial charge on any atom is 0.317 e. The van der Waals surface area contributed by atoms with Gasteiger partial charge in [-0.2, -0.15) is 0 Å². The molecule has 2 fully saturated rings. The first-order valence-corrected chi connectivity index (χ1v) is 9.38. The van der Waals surface area contributed by atoms with Gasteiger partial charge >= 0.3 is 12.0 Å². The molecule has 24 heavy (non-hydrogen) atoms. The van der Waals surface area contributed by atoms with Crippen LogP contribution in [0.2, 0.25) is 0 Å². The number of nitrogens with one attached hydrogen (secondary N) is 1. The SMILES string of the molecule is CCCC1(C)CCCN(C(=O)NC2CC(N(CC)CC(=O)O)C2)C1. The van der Waals surface area contributed by atoms with E-state index in [1.54, 1.807) is 0 Å². The monoisotopic (exact) mass is 339 g/mol. The highest BCUT2D eigenvalue weighted by Crippen LogP contribution is 2.34. The number of carbonyl (C=O) groups excluding carboxylic acids is 1. The van der Waals surface area contributed by atoms with Gasteiger partial charge in [0.15, 0.2) is 0 Å². The number of hydrogen-bond donors (Lipinski definition) is 2. The summed E-state index contributed by atoms with van der Waals surface area (Å²) in [6.45, 7) is 9.00. The molecule has 6 nitrogen and oxygen atoms in total. The summed E-state index contributed by atoms with van der Waals surface area (Å²) in [5.41, 5.74) is 0.257. The van der Waals surface area contributed by atoms with Crippen LogP contribution in [0.15, 0.2) is 0 Å². The van der Waals surface area contributed by atoms with E-state index in [0.29, 0.717) is 0 Å². The molecule has 1 saturated carbocycles. The van der Waals surface area contributed by atoms with Crippen molar-refractivity contribution in [3.63, 3.8) is 0 Å². The molecule has 0 aromatic heterocycles. The summed E-state index contributed by atoms with van der Waals surface area (Å²) in [4.78, 5) is 27.3. The number of likely N-dealkylation sites (tertiary alicyclic amines) is 1. The van der Waals surface area contributed by atoms with Gasteiger partial charge in [-0.1, -0.05) is 27.2 Å². The van der Waals surface area contributed by atoms with E-state index in [2.05, 4.69) is 19.2 Å². The fraction of sp³-hybridized carbons (Fsp3) is 0.889. The van der Waals surface area contributed by atoms with Crippen LogP contribution < -0.4 is 5.32 Å². The molecule has 1 aliphatic heterocycles. The Morgan fingerprint density at radius 1 is 1.33 bits per heavy atom. The normalized spacial score (nSPS) is 30.1. The third-order valence-electron chi connectivity index (χ3n) is 5.62. The maximum absolute atomic E-state index is 12.5. The molecular formula is C18H33N3O3. The maximum atomic E-state index is 12.5. The van der Waals surface area contributed by atoms with Crippen LogP contribution in [-0.4, -0.2) is 65.2 Å². The summed E-state index contributed by atoms with van der Waals surface area (Å²) in [5, 5.41) is 12.1. The van der Waals surface area contributed by atoms with Gasteiger partial charge in [0, 0.05) is 25.2 Å². The Bertz CT molecular complexity index is 447. The number of urea groups is 1. The first-order valence-electron chi connectivity index (χ1n) is 9.38. The Kier molecular flexibility index (Phi) is 6.49. The van der Waals surface area contributed by atoms with E-state index in [-0.39, 0.29) is 30.1 Å². The standard InChI is InChI=1S/C18H33N3O3/c1-4-7-18(3)8-6-9-21(13-18)17(24)19-14-10-15(11-14)20(5-2)12-16(22)23/h14-15H,4-13H2,1-3H3,(H,19,24)(H,22,23). The molecule has 2 amide bonds. The molecule has 1 saturated heterocycles. The minimum atomic E-state index is -0.784. The van der Waals surface area contributed by atoms with Crippen LogP contribution in [0.5, 0.6) is 0 Å². The second-order valence-electron chi connectivity index (χ2n) is 7.81. The lowest BCUT2D eigenvalue weighted by Crippen LogP contribution is -2.58. The molecule has 2 rings (SSSR count). The second-order valence-corrected chi connectivity index (χ2v) is 7.81. The molecule has 6 heteroatoms. The zero-order valence-corrected chi connectivity index (χ0v) is 15.4. The van der Waals surface area contributed by atoms with Gasteiger partial charge in [0.2, 0.25) is 0 Å². The van der Waals surface area contributed by atoms with Gasteiger partial charge in [0.25, 0.3) is 0 Å². The quantitative estimate of drug-likeness (QED) is 0.747. The third kappa shape index (κ3) is 4.85. The van der Waals surface area contributed by atoms with Gasteiger partial charge < -0.3 is 15.3 Å². The van der Waals surface area contributed by atoms with Crippen LogP contribution >= 0.6 is 0 Å². The molecule has 0 aromatic carbocycles. The fourth-order valence-corrected chi connectivity index (χ4v) is 4.24. The topological polar surface area (TPSA) is 72.9 Å². The summed E-state index contributed by atoms with van der Waals surface area (Å²) in [7, 11) is 0. The summed E-state index contributed by atoms with van der Waals surface area (Å²) >= 11 is 0. The van der Waals surface area contributed by atoms with Crippen molar-refractivity contribution in [2.45, 2.75) is 71.4 Å². The highest BCUT2D eigenvalue weighted by atomic mass is 16.4. The first kappa shape index (κ1) is 19.0. The number of carboxylic acids is 1. The smallest absolute Gasteiger partial charge is 0.317 e. The van der Waals surface area contributed by atoms with E-state index in [9.17, 15) is 9.59 Å². The Morgan fingerprint density at radius 3 is 2.62 bits per heavy atom. The fourth-order valence-electron chi connectivity index (χ4n) is 4.24. The first-order chi connectivity index (χ1) is 11.4. The van der Waals surface area contributed by atoms with Gasteiger partial charge in [-0.25, -0.2) is 4.79 Å². The van der Waals surface area contributed by atoms with Crippen LogP contribution in [-0.2, 0) is 4.79 Å². The predicted molar refractivity (Wildman–Crippen MR) is 94.0 cm³/mol. The number of nitrogens with zero attached hydrogens (tertiary/aromatic N) is 2. The summed E-state index contributed by atoms with van der Waals surface area (Å²) in [6.07, 6.45) is 6.33. The van der Waals surface area contributed by atoms with Gasteiger partial charge in [-0.3, -0.25) is 9.69 Å². The van der Waals surface area contributed by atoms with Crippen molar-refractivity contribution < 1.29 is 14.7 Å². The van der Waals surface area contributed by atoms with Crippen molar-refractivity contribution in [1.82, 2.24) is 15.1 Å². The number of piperidine rings is 1. The summed E-state index contributed by atoms with van der Waals surface area (Å²) in [5.74, 6) is -0.784. The van der Waals surface area contributed by atoms with Crippen molar-refractivity contribution in [2.24, 2.45) is 5.41 Å². The molecule has 2 aliphatic rings. The number of amides is 2. The van der Waals surface area contributed by atoms with E-state index in [0.717, 1.165) is 45.3 Å². The summed E-state index contributed by atoms with van der Waals surface area (Å²) < 4.78 is 0. The highest BCUT2D eigenvalue weighted by Gasteiger charge is 2.37. The van der Waals surface area contributed by atoms with Crippen molar-refractivity contribution >= 4 is 12.0 Å². The Morgan fingerprint density at radius 2 is 2.04 bits per heavy atom. The minimum Gasteiger partial charge on any atom is -0.480 e. The molecule has 0 radical (unpaired) electrons. The number of hydrogen-bond acceptors (Lipinski definition) is 3. The van der Waals surface area contributed by atoms with E-state index < -0.39 is 5.97 Å². The largest absolute Gasteiger partial charge is 0.480 e. The van der Waals surface area contributed by atoms with Gasteiger partial charge in [-0.05, 0) is 44.1 Å². The molecule has 1 aliphatic carbocycles. The molecule has 138 valence electrons. The second kappa shape index (κ2) is 8.19. The molecule has 1 atom stereocenters. The molecule has 1 unspecified atom stereocenters. The number of rotatable bonds is 7. The van der Waals surface area contributed by atoms with E-state index in [1.165, 1.54) is 12.8 Å². The average Bonchev–Trinajstić information content (AvgIpc) is 2.48. The number of aliphatic carboxylic acids is 1. The average molecular weight is 339 g/mol. The van der Waals surface area contributed by atoms with Crippen molar-refractivity contribution in [2.75, 3.05) is 26.2 Å². The highest BCUT2D eigenvalue weighted by molar-refractivity contribution is 5.75. The number of likely N-dealkylation sites (N-methyl/N-ethyl adjacent to an activating group) is 1. The van der Waals surface area contributed by atoms with E-state index in [4.69, 9.17) is 5.11 Å². The van der Waals surface area contributed by atoms with E-state index >= 15 is 0 Å². The molecular weight excluding hydrogens is 306 g/mol. The van der Waals surface area contributed by atoms with E-state index in [1.807, 2.05) is 16.7 Å². The molecule has 2 N–H and O–H groups in total. The molecule has 0 spiro atoms. The predicted octanol–water partition coefficient (Wildman–Crippen LogP) is 2.54. The minimum absolute atomic E-state index is 0.0572. The molecule has 0 aromatic rings. The lowest BCUT2D eigenvalue weighted by molar-refractivity contribution is -0.139. The van der Waals surface area contributed by atoms with Crippen molar-refractivity contribution in [3.05, 3.63) is 0 Å². The summed E-state index contributed by atoms with van der Waals surface area (Å²) in [6, 6.07) is 0.523. The van der Waals surface area contributed by atoms with Crippen molar-refractivity contribution in [1.29, 1.82) is 0 Å². The van der Waals surface area contributed by atoms with Crippen LogP contribution in [0, 0.1) is 5.41 Å². The van der Waals surface area contributed by atoms with Crippen molar-refractivity contribution in [3.8, 4) is 0 Å². The van der Waals surface area contributed by atoms with Crippen LogP contribution in [0.1, 0.15) is 59.3 Å². The Hall–Kier alpha value is -1.30. The van der Waals surface area contributed by atoms with Crippen LogP contribution in [0.4, 0.5) is 4.79 Å². The van der Waals surface area contributed by atoms with Crippen LogP contribution in [0.25, 0.3) is 0 Å². The Labute approximate surface area is 145 Å². The number of carbonyl (C=O) groups is 2. The lowest BCUT2D eigenvalue weighted by atomic mass is 9.78. The van der Waals surface area contributed by atoms with Crippen LogP contribution in [0.3, 0.4) is 0 Å². The zero-order chi connectivity index (χ0) is 17.7. The number of carboxylic acid groups (broad SMARTS) is 1. The third-order valence-corrected chi connectivity index (χ3v) is 5.62. The Balaban J connectivity index is 1.77. The zero-order valence-electron chi connectivity index (χ0n) is 15.4. The molecule has 0 bridgehead atoms. The van der Waals surface area contributed by atoms with Gasteiger partial charge in [0.1, 0.15) is 0 Å². The molecule has 1 heterocycles. The van der Waals surface area contributed by atoms with Gasteiger partial charge in [-0.15, -0.1) is 0 Å². The van der Waals surface area contributed by atoms with Gasteiger partial charge in [0.05, 0.1) is 6.54 Å². The lowest BCUT2D eigenvalue weighted by Gasteiger charge is -2.44.